The van der Waals surface area contributed by atoms with Crippen LogP contribution in [0.5, 0.6) is 0 Å². The standard InChI is InChI=1S/C9H19NO3/c1-13-9-7-5-3-2-4-6-8-10(11)12/h2-9H2,1H3. The zero-order valence-electron chi connectivity index (χ0n) is 8.33. The Morgan fingerprint density at radius 3 is 2.15 bits per heavy atom. The largest absolute Gasteiger partial charge is 0.385 e. The van der Waals surface area contributed by atoms with Gasteiger partial charge in [0, 0.05) is 25.1 Å². The van der Waals surface area contributed by atoms with Crippen molar-refractivity contribution in [2.24, 2.45) is 0 Å². The number of unbranched alkanes of at least 4 members (excludes halogenated alkanes) is 5. The Labute approximate surface area is 79.4 Å². The maximum Gasteiger partial charge on any atom is 0.203 e. The molecule has 0 aromatic carbocycles. The molecule has 0 atom stereocenters. The van der Waals surface area contributed by atoms with Gasteiger partial charge in [0.2, 0.25) is 6.54 Å². The molecule has 0 saturated heterocycles. The fourth-order valence-corrected chi connectivity index (χ4v) is 1.19. The van der Waals surface area contributed by atoms with E-state index in [0.717, 1.165) is 32.3 Å². The Morgan fingerprint density at radius 2 is 1.62 bits per heavy atom. The quantitative estimate of drug-likeness (QED) is 0.317. The Hall–Kier alpha value is -0.640. The minimum Gasteiger partial charge on any atom is -0.385 e. The predicted molar refractivity (Wildman–Crippen MR) is 51.4 cm³/mol. The molecule has 0 N–H and O–H groups in total. The van der Waals surface area contributed by atoms with Gasteiger partial charge in [0.05, 0.1) is 0 Å². The number of nitro groups is 1. The lowest BCUT2D eigenvalue weighted by atomic mass is 10.1. The average molecular weight is 189 g/mol. The zero-order valence-corrected chi connectivity index (χ0v) is 8.33. The summed E-state index contributed by atoms with van der Waals surface area (Å²) in [5, 5.41) is 9.96. The molecule has 0 unspecified atom stereocenters. The van der Waals surface area contributed by atoms with Crippen LogP contribution >= 0.6 is 0 Å². The first-order valence-electron chi connectivity index (χ1n) is 4.88. The minimum absolute atomic E-state index is 0.123. The number of nitrogens with zero attached hydrogens (tertiary/aromatic N) is 1. The van der Waals surface area contributed by atoms with E-state index >= 15 is 0 Å². The molecular formula is C9H19NO3. The van der Waals surface area contributed by atoms with Gasteiger partial charge in [-0.15, -0.1) is 0 Å². The van der Waals surface area contributed by atoms with Gasteiger partial charge in [-0.3, -0.25) is 10.1 Å². The van der Waals surface area contributed by atoms with Crippen LogP contribution in [0.2, 0.25) is 0 Å². The zero-order chi connectivity index (χ0) is 9.94. The first kappa shape index (κ1) is 12.4. The third-order valence-corrected chi connectivity index (χ3v) is 1.94. The molecular weight excluding hydrogens is 170 g/mol. The van der Waals surface area contributed by atoms with E-state index in [0.29, 0.717) is 0 Å². The average Bonchev–Trinajstić information content (AvgIpc) is 2.09. The molecule has 0 aliphatic heterocycles. The summed E-state index contributed by atoms with van der Waals surface area (Å²) in [4.78, 5) is 9.72. The first-order valence-corrected chi connectivity index (χ1v) is 4.88. The maximum atomic E-state index is 9.96. The molecule has 0 rings (SSSR count). The van der Waals surface area contributed by atoms with E-state index in [2.05, 4.69) is 0 Å². The van der Waals surface area contributed by atoms with Crippen LogP contribution in [0.4, 0.5) is 0 Å². The van der Waals surface area contributed by atoms with Crippen molar-refractivity contribution in [2.45, 2.75) is 38.5 Å². The number of hydrogen-bond acceptors (Lipinski definition) is 3. The van der Waals surface area contributed by atoms with Crippen LogP contribution in [0.25, 0.3) is 0 Å². The van der Waals surface area contributed by atoms with Crippen molar-refractivity contribution in [3.63, 3.8) is 0 Å². The highest BCUT2D eigenvalue weighted by molar-refractivity contribution is 4.44. The van der Waals surface area contributed by atoms with E-state index in [4.69, 9.17) is 4.74 Å². The van der Waals surface area contributed by atoms with Crippen LogP contribution in [0, 0.1) is 10.1 Å². The molecule has 0 aliphatic rings. The van der Waals surface area contributed by atoms with E-state index in [9.17, 15) is 10.1 Å². The summed E-state index contributed by atoms with van der Waals surface area (Å²) in [6, 6.07) is 0. The number of hydrogen-bond donors (Lipinski definition) is 0. The van der Waals surface area contributed by atoms with Gasteiger partial charge in [0.25, 0.3) is 0 Å². The number of rotatable bonds is 9. The van der Waals surface area contributed by atoms with E-state index in [1.807, 2.05) is 0 Å². The third kappa shape index (κ3) is 11.4. The lowest BCUT2D eigenvalue weighted by molar-refractivity contribution is -0.480. The molecule has 0 saturated carbocycles. The molecule has 78 valence electrons. The monoisotopic (exact) mass is 189 g/mol. The molecule has 0 fully saturated rings. The summed E-state index contributed by atoms with van der Waals surface area (Å²) in [6.07, 6.45) is 6.25. The van der Waals surface area contributed by atoms with Gasteiger partial charge in [0.15, 0.2) is 0 Å². The van der Waals surface area contributed by atoms with Gasteiger partial charge in [-0.25, -0.2) is 0 Å². The Balaban J connectivity index is 2.87. The van der Waals surface area contributed by atoms with Crippen molar-refractivity contribution in [3.8, 4) is 0 Å². The topological polar surface area (TPSA) is 52.4 Å². The Morgan fingerprint density at radius 1 is 1.08 bits per heavy atom. The van der Waals surface area contributed by atoms with Crippen molar-refractivity contribution in [1.29, 1.82) is 0 Å². The molecule has 0 aromatic heterocycles. The minimum atomic E-state index is -0.245. The van der Waals surface area contributed by atoms with Crippen LogP contribution in [0.3, 0.4) is 0 Å². The lowest BCUT2D eigenvalue weighted by Gasteiger charge is -1.99. The molecule has 4 heteroatoms. The van der Waals surface area contributed by atoms with Crippen LogP contribution in [0.1, 0.15) is 38.5 Å². The molecule has 13 heavy (non-hydrogen) atoms. The Kier molecular flexibility index (Phi) is 8.98. The third-order valence-electron chi connectivity index (χ3n) is 1.94. The lowest BCUT2D eigenvalue weighted by Crippen LogP contribution is -1.99. The van der Waals surface area contributed by atoms with E-state index in [1.54, 1.807) is 7.11 Å². The van der Waals surface area contributed by atoms with Crippen molar-refractivity contribution < 1.29 is 9.66 Å². The summed E-state index contributed by atoms with van der Waals surface area (Å²) in [7, 11) is 1.71. The smallest absolute Gasteiger partial charge is 0.203 e. The second-order valence-corrected chi connectivity index (χ2v) is 3.17. The van der Waals surface area contributed by atoms with Gasteiger partial charge >= 0.3 is 0 Å². The summed E-state index contributed by atoms with van der Waals surface area (Å²) < 4.78 is 4.91. The molecule has 4 nitrogen and oxygen atoms in total. The SMILES string of the molecule is COCCCCCCCC[N+](=O)[O-]. The van der Waals surface area contributed by atoms with Crippen LogP contribution in [-0.4, -0.2) is 25.2 Å². The fraction of sp³-hybridized carbons (Fsp3) is 1.00. The molecule has 0 aliphatic carbocycles. The normalized spacial score (nSPS) is 10.2. The number of ether oxygens (including phenoxy) is 1. The van der Waals surface area contributed by atoms with Crippen LogP contribution in [-0.2, 0) is 4.74 Å². The van der Waals surface area contributed by atoms with Gasteiger partial charge in [-0.05, 0) is 12.8 Å². The van der Waals surface area contributed by atoms with Crippen molar-refractivity contribution in [2.75, 3.05) is 20.3 Å². The van der Waals surface area contributed by atoms with Crippen molar-refractivity contribution >= 4 is 0 Å². The first-order chi connectivity index (χ1) is 6.27. The van der Waals surface area contributed by atoms with Gasteiger partial charge < -0.3 is 4.74 Å². The van der Waals surface area contributed by atoms with E-state index in [1.165, 1.54) is 12.8 Å². The van der Waals surface area contributed by atoms with Gasteiger partial charge in [0.1, 0.15) is 0 Å². The summed E-state index contributed by atoms with van der Waals surface area (Å²) in [6.45, 7) is 0.951. The highest BCUT2D eigenvalue weighted by Gasteiger charge is 1.96. The summed E-state index contributed by atoms with van der Waals surface area (Å²) in [5.41, 5.74) is 0. The van der Waals surface area contributed by atoms with Gasteiger partial charge in [-0.2, -0.15) is 0 Å². The molecule has 0 bridgehead atoms. The molecule has 0 aromatic rings. The predicted octanol–water partition coefficient (Wildman–Crippen LogP) is 2.25. The van der Waals surface area contributed by atoms with Crippen LogP contribution < -0.4 is 0 Å². The summed E-state index contributed by atoms with van der Waals surface area (Å²) >= 11 is 0. The van der Waals surface area contributed by atoms with E-state index in [-0.39, 0.29) is 11.5 Å². The Bertz CT molecular complexity index is 128. The summed E-state index contributed by atoms with van der Waals surface area (Å²) in [5.74, 6) is 0. The second kappa shape index (κ2) is 9.45. The van der Waals surface area contributed by atoms with Crippen molar-refractivity contribution in [1.82, 2.24) is 0 Å². The van der Waals surface area contributed by atoms with E-state index < -0.39 is 0 Å². The fourth-order valence-electron chi connectivity index (χ4n) is 1.19. The molecule has 0 heterocycles. The highest BCUT2D eigenvalue weighted by Crippen LogP contribution is 2.05. The highest BCUT2D eigenvalue weighted by atomic mass is 16.6. The molecule has 0 radical (unpaired) electrons. The second-order valence-electron chi connectivity index (χ2n) is 3.17. The molecule has 0 amide bonds. The number of methoxy groups -OCH3 is 1. The van der Waals surface area contributed by atoms with Gasteiger partial charge in [-0.1, -0.05) is 19.3 Å². The van der Waals surface area contributed by atoms with Crippen molar-refractivity contribution in [3.05, 3.63) is 10.1 Å². The van der Waals surface area contributed by atoms with Crippen LogP contribution in [0.15, 0.2) is 0 Å². The maximum absolute atomic E-state index is 9.96. The molecule has 0 spiro atoms.